The van der Waals surface area contributed by atoms with Crippen LogP contribution in [0.1, 0.15) is 37.6 Å². The van der Waals surface area contributed by atoms with Crippen molar-refractivity contribution in [2.75, 3.05) is 18.4 Å². The molecule has 1 amide bonds. The third-order valence-corrected chi connectivity index (χ3v) is 4.25. The van der Waals surface area contributed by atoms with Crippen LogP contribution in [0.25, 0.3) is 0 Å². The number of aromatic nitrogens is 4. The standard InChI is InChI=1S/C16H24N6O/c1-4-15-13(9-20(3)18-15)10-21-7-5-14(11-21)22-8-6-16(19-22)17-12(2)23/h6,8-9,14H,4-5,7,10-11H2,1-3H3,(H,17,19,23)/t14-/m0/s1. The average Bonchev–Trinajstić information content (AvgIpc) is 3.19. The molecule has 7 nitrogen and oxygen atoms in total. The summed E-state index contributed by atoms with van der Waals surface area (Å²) in [6, 6.07) is 2.21. The molecule has 0 saturated carbocycles. The van der Waals surface area contributed by atoms with Gasteiger partial charge in [0.2, 0.25) is 5.91 Å². The summed E-state index contributed by atoms with van der Waals surface area (Å²) in [5.74, 6) is 0.531. The van der Waals surface area contributed by atoms with Crippen LogP contribution in [0.2, 0.25) is 0 Å². The van der Waals surface area contributed by atoms with E-state index in [1.165, 1.54) is 18.2 Å². The molecule has 3 rings (SSSR count). The minimum Gasteiger partial charge on any atom is -0.309 e. The fourth-order valence-corrected chi connectivity index (χ4v) is 3.21. The van der Waals surface area contributed by atoms with Crippen molar-refractivity contribution < 1.29 is 4.79 Å². The van der Waals surface area contributed by atoms with Crippen molar-refractivity contribution in [2.24, 2.45) is 7.05 Å². The van der Waals surface area contributed by atoms with Gasteiger partial charge < -0.3 is 5.32 Å². The van der Waals surface area contributed by atoms with Gasteiger partial charge in [0.25, 0.3) is 0 Å². The number of hydrogen-bond donors (Lipinski definition) is 1. The number of rotatable bonds is 5. The number of nitrogens with one attached hydrogen (secondary N) is 1. The number of carbonyl (C=O) groups excluding carboxylic acids is 1. The van der Waals surface area contributed by atoms with Crippen LogP contribution >= 0.6 is 0 Å². The van der Waals surface area contributed by atoms with Crippen LogP contribution in [0.15, 0.2) is 18.5 Å². The summed E-state index contributed by atoms with van der Waals surface area (Å²) in [6.07, 6.45) is 6.10. The van der Waals surface area contributed by atoms with E-state index in [1.54, 1.807) is 0 Å². The molecule has 1 aliphatic rings. The van der Waals surface area contributed by atoms with Gasteiger partial charge in [-0.3, -0.25) is 19.1 Å². The summed E-state index contributed by atoms with van der Waals surface area (Å²) in [5.41, 5.74) is 2.50. The Kier molecular flexibility index (Phi) is 4.47. The number of amides is 1. The number of carbonyl (C=O) groups is 1. The molecule has 1 N–H and O–H groups in total. The molecule has 3 heterocycles. The largest absolute Gasteiger partial charge is 0.309 e. The van der Waals surface area contributed by atoms with Gasteiger partial charge in [-0.2, -0.15) is 10.2 Å². The van der Waals surface area contributed by atoms with Crippen molar-refractivity contribution in [3.8, 4) is 0 Å². The highest BCUT2D eigenvalue weighted by molar-refractivity contribution is 5.87. The molecule has 0 aromatic carbocycles. The van der Waals surface area contributed by atoms with Gasteiger partial charge in [0.15, 0.2) is 5.82 Å². The third kappa shape index (κ3) is 3.61. The Bertz CT molecular complexity index is 689. The van der Waals surface area contributed by atoms with E-state index in [-0.39, 0.29) is 5.91 Å². The molecule has 7 heteroatoms. The van der Waals surface area contributed by atoms with Gasteiger partial charge >= 0.3 is 0 Å². The lowest BCUT2D eigenvalue weighted by atomic mass is 10.2. The number of aryl methyl sites for hydroxylation is 2. The summed E-state index contributed by atoms with van der Waals surface area (Å²) in [4.78, 5) is 13.5. The Balaban J connectivity index is 1.62. The molecule has 0 unspecified atom stereocenters. The number of anilines is 1. The van der Waals surface area contributed by atoms with Crippen molar-refractivity contribution in [2.45, 2.75) is 39.3 Å². The topological polar surface area (TPSA) is 68.0 Å². The normalized spacial score (nSPS) is 18.5. The highest BCUT2D eigenvalue weighted by atomic mass is 16.1. The summed E-state index contributed by atoms with van der Waals surface area (Å²) in [7, 11) is 1.97. The number of hydrogen-bond acceptors (Lipinski definition) is 4. The maximum Gasteiger partial charge on any atom is 0.222 e. The molecule has 0 spiro atoms. The molecule has 0 radical (unpaired) electrons. The molecule has 1 aliphatic heterocycles. The van der Waals surface area contributed by atoms with Gasteiger partial charge in [0.05, 0.1) is 11.7 Å². The minimum atomic E-state index is -0.0908. The fraction of sp³-hybridized carbons (Fsp3) is 0.562. The van der Waals surface area contributed by atoms with E-state index in [2.05, 4.69) is 33.5 Å². The van der Waals surface area contributed by atoms with Crippen LogP contribution in [0.5, 0.6) is 0 Å². The first-order chi connectivity index (χ1) is 11.0. The van der Waals surface area contributed by atoms with Crippen LogP contribution in [0, 0.1) is 0 Å². The van der Waals surface area contributed by atoms with Gasteiger partial charge in [-0.1, -0.05) is 6.92 Å². The van der Waals surface area contributed by atoms with Gasteiger partial charge in [0.1, 0.15) is 0 Å². The SMILES string of the molecule is CCc1nn(C)cc1CN1CC[C@H](n2ccc(NC(C)=O)n2)C1. The first kappa shape index (κ1) is 15.7. The van der Waals surface area contributed by atoms with Gasteiger partial charge in [-0.25, -0.2) is 0 Å². The molecule has 0 aliphatic carbocycles. The highest BCUT2D eigenvalue weighted by Crippen LogP contribution is 2.24. The van der Waals surface area contributed by atoms with Crippen molar-refractivity contribution in [3.05, 3.63) is 29.7 Å². The number of nitrogens with zero attached hydrogens (tertiary/aromatic N) is 5. The van der Waals surface area contributed by atoms with Gasteiger partial charge in [-0.05, 0) is 12.8 Å². The monoisotopic (exact) mass is 316 g/mol. The van der Waals surface area contributed by atoms with Crippen molar-refractivity contribution >= 4 is 11.7 Å². The Labute approximate surface area is 136 Å². The molecule has 1 saturated heterocycles. The molecule has 23 heavy (non-hydrogen) atoms. The zero-order valence-corrected chi connectivity index (χ0v) is 14.0. The van der Waals surface area contributed by atoms with Gasteiger partial charge in [0, 0.05) is 57.6 Å². The van der Waals surface area contributed by atoms with Gasteiger partial charge in [-0.15, -0.1) is 0 Å². The lowest BCUT2D eigenvalue weighted by Gasteiger charge is -2.16. The first-order valence-corrected chi connectivity index (χ1v) is 8.11. The van der Waals surface area contributed by atoms with Crippen LogP contribution < -0.4 is 5.32 Å². The van der Waals surface area contributed by atoms with Crippen LogP contribution in [-0.4, -0.2) is 43.5 Å². The highest BCUT2D eigenvalue weighted by Gasteiger charge is 2.25. The Morgan fingerprint density at radius 3 is 3.00 bits per heavy atom. The first-order valence-electron chi connectivity index (χ1n) is 8.11. The molecular formula is C16H24N6O. The summed E-state index contributed by atoms with van der Waals surface area (Å²) >= 11 is 0. The van der Waals surface area contributed by atoms with Crippen LogP contribution in [-0.2, 0) is 24.8 Å². The predicted octanol–water partition coefficient (Wildman–Crippen LogP) is 1.58. The van der Waals surface area contributed by atoms with E-state index in [1.807, 2.05) is 28.7 Å². The smallest absolute Gasteiger partial charge is 0.222 e. The summed E-state index contributed by atoms with van der Waals surface area (Å²) in [5, 5.41) is 11.7. The molecule has 2 aromatic heterocycles. The molecule has 0 bridgehead atoms. The zero-order chi connectivity index (χ0) is 16.4. The zero-order valence-electron chi connectivity index (χ0n) is 14.0. The lowest BCUT2D eigenvalue weighted by molar-refractivity contribution is -0.114. The molecule has 124 valence electrons. The predicted molar refractivity (Wildman–Crippen MR) is 88.0 cm³/mol. The molecule has 1 atom stereocenters. The molecule has 1 fully saturated rings. The van der Waals surface area contributed by atoms with Crippen LogP contribution in [0.3, 0.4) is 0 Å². The van der Waals surface area contributed by atoms with E-state index in [9.17, 15) is 4.79 Å². The average molecular weight is 316 g/mol. The fourth-order valence-electron chi connectivity index (χ4n) is 3.21. The maximum absolute atomic E-state index is 11.1. The lowest BCUT2D eigenvalue weighted by Crippen LogP contribution is -2.22. The second-order valence-corrected chi connectivity index (χ2v) is 6.17. The van der Waals surface area contributed by atoms with Crippen LogP contribution in [0.4, 0.5) is 5.82 Å². The quantitative estimate of drug-likeness (QED) is 0.909. The minimum absolute atomic E-state index is 0.0908. The second kappa shape index (κ2) is 6.54. The van der Waals surface area contributed by atoms with E-state index in [0.29, 0.717) is 11.9 Å². The maximum atomic E-state index is 11.1. The number of likely N-dealkylation sites (tertiary alicyclic amines) is 1. The van der Waals surface area contributed by atoms with E-state index < -0.39 is 0 Å². The van der Waals surface area contributed by atoms with E-state index >= 15 is 0 Å². The molecule has 2 aromatic rings. The second-order valence-electron chi connectivity index (χ2n) is 6.17. The Morgan fingerprint density at radius 1 is 1.43 bits per heavy atom. The Hall–Kier alpha value is -2.15. The molecular weight excluding hydrogens is 292 g/mol. The summed E-state index contributed by atoms with van der Waals surface area (Å²) < 4.78 is 3.87. The Morgan fingerprint density at radius 2 is 2.26 bits per heavy atom. The van der Waals surface area contributed by atoms with Crippen molar-refractivity contribution in [3.63, 3.8) is 0 Å². The van der Waals surface area contributed by atoms with E-state index in [0.717, 1.165) is 32.5 Å². The third-order valence-electron chi connectivity index (χ3n) is 4.25. The van der Waals surface area contributed by atoms with Crippen molar-refractivity contribution in [1.82, 2.24) is 24.5 Å². The summed E-state index contributed by atoms with van der Waals surface area (Å²) in [6.45, 7) is 6.60. The van der Waals surface area contributed by atoms with Crippen molar-refractivity contribution in [1.29, 1.82) is 0 Å². The van der Waals surface area contributed by atoms with E-state index in [4.69, 9.17) is 0 Å².